The van der Waals surface area contributed by atoms with Crippen LogP contribution in [0.5, 0.6) is 5.75 Å². The lowest BCUT2D eigenvalue weighted by Crippen LogP contribution is -1.91. The van der Waals surface area contributed by atoms with Gasteiger partial charge in [0.1, 0.15) is 11.6 Å². The number of aromatic amines is 1. The molecule has 0 aliphatic rings. The fourth-order valence-electron chi connectivity index (χ4n) is 2.06. The number of nitrogens with zero attached hydrogens (tertiary/aromatic N) is 1. The Morgan fingerprint density at radius 3 is 2.65 bits per heavy atom. The third-order valence-corrected chi connectivity index (χ3v) is 4.12. The number of aromatic nitrogens is 2. The van der Waals surface area contributed by atoms with Crippen LogP contribution >= 0.6 is 11.8 Å². The highest BCUT2D eigenvalue weighted by molar-refractivity contribution is 7.99. The molecule has 20 heavy (non-hydrogen) atoms. The van der Waals surface area contributed by atoms with Gasteiger partial charge in [-0.05, 0) is 36.4 Å². The van der Waals surface area contributed by atoms with Crippen molar-refractivity contribution in [3.8, 4) is 5.75 Å². The second-order valence-electron chi connectivity index (χ2n) is 4.47. The summed E-state index contributed by atoms with van der Waals surface area (Å²) in [6.45, 7) is 0. The van der Waals surface area contributed by atoms with Gasteiger partial charge >= 0.3 is 0 Å². The number of fused-ring (bicyclic) bond motifs is 1. The molecule has 0 bridgehead atoms. The van der Waals surface area contributed by atoms with Crippen LogP contribution in [0.25, 0.3) is 11.0 Å². The summed E-state index contributed by atoms with van der Waals surface area (Å²) in [6, 6.07) is 16.3. The van der Waals surface area contributed by atoms with Crippen molar-refractivity contribution in [3.05, 3.63) is 54.4 Å². The fraction of sp³-hybridized carbons (Fsp3) is 0.188. The van der Waals surface area contributed by atoms with Crippen molar-refractivity contribution in [1.82, 2.24) is 9.97 Å². The molecule has 0 unspecified atom stereocenters. The maximum Gasteiger partial charge on any atom is 0.118 e. The molecule has 0 spiro atoms. The molecule has 0 fully saturated rings. The van der Waals surface area contributed by atoms with E-state index in [1.54, 1.807) is 7.11 Å². The normalized spacial score (nSPS) is 10.8. The monoisotopic (exact) mass is 284 g/mol. The number of nitrogens with one attached hydrogen (secondary N) is 1. The van der Waals surface area contributed by atoms with Gasteiger partial charge in [-0.25, -0.2) is 4.98 Å². The minimum Gasteiger partial charge on any atom is -0.497 e. The van der Waals surface area contributed by atoms with Crippen molar-refractivity contribution >= 4 is 22.8 Å². The minimum atomic E-state index is 0.895. The standard InChI is InChI=1S/C16H16N2OS/c1-19-12-6-8-13(9-7-12)20-11-10-16-17-14-4-2-3-5-15(14)18-16/h2-9H,10-11H2,1H3,(H,17,18). The molecule has 1 N–H and O–H groups in total. The predicted octanol–water partition coefficient (Wildman–Crippen LogP) is 3.91. The second kappa shape index (κ2) is 6.01. The van der Waals surface area contributed by atoms with E-state index in [0.717, 1.165) is 34.8 Å². The number of imidazole rings is 1. The van der Waals surface area contributed by atoms with Crippen molar-refractivity contribution in [1.29, 1.82) is 0 Å². The lowest BCUT2D eigenvalue weighted by atomic mass is 10.3. The van der Waals surface area contributed by atoms with Crippen LogP contribution < -0.4 is 4.74 Å². The van der Waals surface area contributed by atoms with Gasteiger partial charge in [0.05, 0.1) is 18.1 Å². The predicted molar refractivity (Wildman–Crippen MR) is 83.5 cm³/mol. The third-order valence-electron chi connectivity index (χ3n) is 3.11. The Morgan fingerprint density at radius 2 is 1.90 bits per heavy atom. The molecule has 0 atom stereocenters. The topological polar surface area (TPSA) is 37.9 Å². The number of para-hydroxylation sites is 2. The molecule has 0 aliphatic heterocycles. The zero-order valence-electron chi connectivity index (χ0n) is 11.3. The number of methoxy groups -OCH3 is 1. The Labute approximate surface area is 122 Å². The van der Waals surface area contributed by atoms with Crippen LogP contribution in [0.3, 0.4) is 0 Å². The van der Waals surface area contributed by atoms with Crippen LogP contribution in [0, 0.1) is 0 Å². The molecular weight excluding hydrogens is 268 g/mol. The summed E-state index contributed by atoms with van der Waals surface area (Å²) >= 11 is 1.83. The van der Waals surface area contributed by atoms with Crippen molar-refractivity contribution in [2.24, 2.45) is 0 Å². The van der Waals surface area contributed by atoms with E-state index in [4.69, 9.17) is 4.74 Å². The van der Waals surface area contributed by atoms with Gasteiger partial charge < -0.3 is 9.72 Å². The molecule has 0 saturated heterocycles. The van der Waals surface area contributed by atoms with Crippen LogP contribution in [0.4, 0.5) is 0 Å². The van der Waals surface area contributed by atoms with Crippen LogP contribution in [-0.4, -0.2) is 22.8 Å². The van der Waals surface area contributed by atoms with Gasteiger partial charge in [0.25, 0.3) is 0 Å². The summed E-state index contributed by atoms with van der Waals surface area (Å²) in [6.07, 6.45) is 0.936. The zero-order valence-corrected chi connectivity index (χ0v) is 12.1. The van der Waals surface area contributed by atoms with Gasteiger partial charge in [-0.15, -0.1) is 11.8 Å². The molecule has 3 aromatic rings. The first-order chi connectivity index (χ1) is 9.85. The van der Waals surface area contributed by atoms with E-state index in [0.29, 0.717) is 0 Å². The van der Waals surface area contributed by atoms with Crippen molar-refractivity contribution < 1.29 is 4.74 Å². The summed E-state index contributed by atoms with van der Waals surface area (Å²) in [4.78, 5) is 9.19. The summed E-state index contributed by atoms with van der Waals surface area (Å²) in [5.74, 6) is 2.95. The Bertz CT molecular complexity index is 658. The summed E-state index contributed by atoms with van der Waals surface area (Å²) in [5.41, 5.74) is 2.15. The molecule has 1 heterocycles. The molecule has 3 nitrogen and oxygen atoms in total. The molecule has 0 aliphatic carbocycles. The lowest BCUT2D eigenvalue weighted by molar-refractivity contribution is 0.414. The highest BCUT2D eigenvalue weighted by Gasteiger charge is 2.02. The molecular formula is C16H16N2OS. The molecule has 1 aromatic heterocycles. The number of benzene rings is 2. The van der Waals surface area contributed by atoms with Gasteiger partial charge in [-0.2, -0.15) is 0 Å². The minimum absolute atomic E-state index is 0.895. The van der Waals surface area contributed by atoms with E-state index < -0.39 is 0 Å². The van der Waals surface area contributed by atoms with Gasteiger partial charge in [0.2, 0.25) is 0 Å². The Morgan fingerprint density at radius 1 is 1.10 bits per heavy atom. The highest BCUT2D eigenvalue weighted by atomic mass is 32.2. The van der Waals surface area contributed by atoms with E-state index in [-0.39, 0.29) is 0 Å². The summed E-state index contributed by atoms with van der Waals surface area (Å²) in [5, 5.41) is 0. The lowest BCUT2D eigenvalue weighted by Gasteiger charge is -2.02. The number of H-pyrrole nitrogens is 1. The number of hydrogen-bond acceptors (Lipinski definition) is 3. The van der Waals surface area contributed by atoms with Gasteiger partial charge in [0, 0.05) is 17.1 Å². The van der Waals surface area contributed by atoms with E-state index in [1.165, 1.54) is 4.90 Å². The molecule has 2 aromatic carbocycles. The molecule has 102 valence electrons. The van der Waals surface area contributed by atoms with E-state index in [2.05, 4.69) is 28.2 Å². The quantitative estimate of drug-likeness (QED) is 0.722. The first-order valence-corrected chi connectivity index (χ1v) is 7.54. The zero-order chi connectivity index (χ0) is 13.8. The number of hydrogen-bond donors (Lipinski definition) is 1. The van der Waals surface area contributed by atoms with E-state index in [9.17, 15) is 0 Å². The number of aryl methyl sites for hydroxylation is 1. The van der Waals surface area contributed by atoms with E-state index >= 15 is 0 Å². The molecule has 0 saturated carbocycles. The molecule has 0 radical (unpaired) electrons. The highest BCUT2D eigenvalue weighted by Crippen LogP contribution is 2.22. The number of ether oxygens (including phenoxy) is 1. The first kappa shape index (κ1) is 13.1. The smallest absolute Gasteiger partial charge is 0.118 e. The Kier molecular flexibility index (Phi) is 3.92. The molecule has 3 rings (SSSR count). The number of rotatable bonds is 5. The Balaban J connectivity index is 1.58. The largest absolute Gasteiger partial charge is 0.497 e. The molecule has 0 amide bonds. The maximum absolute atomic E-state index is 5.15. The van der Waals surface area contributed by atoms with Gasteiger partial charge in [-0.1, -0.05) is 12.1 Å². The van der Waals surface area contributed by atoms with Crippen LogP contribution in [0.15, 0.2) is 53.4 Å². The average Bonchev–Trinajstić information content (AvgIpc) is 2.90. The van der Waals surface area contributed by atoms with Gasteiger partial charge in [0.15, 0.2) is 0 Å². The van der Waals surface area contributed by atoms with Crippen LogP contribution in [-0.2, 0) is 6.42 Å². The maximum atomic E-state index is 5.15. The van der Waals surface area contributed by atoms with Crippen LogP contribution in [0.1, 0.15) is 5.82 Å². The average molecular weight is 284 g/mol. The van der Waals surface area contributed by atoms with E-state index in [1.807, 2.05) is 42.1 Å². The molecule has 4 heteroatoms. The van der Waals surface area contributed by atoms with Crippen molar-refractivity contribution in [2.75, 3.05) is 12.9 Å². The van der Waals surface area contributed by atoms with Crippen molar-refractivity contribution in [2.45, 2.75) is 11.3 Å². The Hall–Kier alpha value is -1.94. The second-order valence-corrected chi connectivity index (χ2v) is 5.64. The van der Waals surface area contributed by atoms with Gasteiger partial charge in [-0.3, -0.25) is 0 Å². The van der Waals surface area contributed by atoms with Crippen molar-refractivity contribution in [3.63, 3.8) is 0 Å². The first-order valence-electron chi connectivity index (χ1n) is 6.55. The third kappa shape index (κ3) is 2.96. The summed E-state index contributed by atoms with van der Waals surface area (Å²) < 4.78 is 5.15. The fourth-order valence-corrected chi connectivity index (χ4v) is 2.92. The summed E-state index contributed by atoms with van der Waals surface area (Å²) in [7, 11) is 1.68. The SMILES string of the molecule is COc1ccc(SCCc2nc3ccccc3[nH]2)cc1. The number of thioether (sulfide) groups is 1. The van der Waals surface area contributed by atoms with Crippen LogP contribution in [0.2, 0.25) is 0 Å².